The second-order valence-electron chi connectivity index (χ2n) is 5.10. The molecule has 0 aliphatic rings. The lowest BCUT2D eigenvalue weighted by molar-refractivity contribution is 0.415. The highest BCUT2D eigenvalue weighted by Gasteiger charge is 2.01. The van der Waals surface area contributed by atoms with Gasteiger partial charge in [0.25, 0.3) is 5.56 Å². The van der Waals surface area contributed by atoms with E-state index in [1.54, 1.807) is 13.3 Å². The van der Waals surface area contributed by atoms with E-state index in [4.69, 9.17) is 4.74 Å². The molecular formula is C18H16N2O2. The molecule has 3 aromatic rings. The molecule has 1 heterocycles. The molecule has 0 saturated heterocycles. The lowest BCUT2D eigenvalue weighted by Gasteiger charge is -2.01. The molecule has 110 valence electrons. The number of benzene rings is 2. The molecule has 0 bridgehead atoms. The minimum Gasteiger partial charge on any atom is -0.497 e. The normalized spacial score (nSPS) is 11.2. The molecule has 22 heavy (non-hydrogen) atoms. The summed E-state index contributed by atoms with van der Waals surface area (Å²) in [7, 11) is 1.62. The van der Waals surface area contributed by atoms with Crippen LogP contribution >= 0.6 is 0 Å². The van der Waals surface area contributed by atoms with E-state index in [-0.39, 0.29) is 5.56 Å². The summed E-state index contributed by atoms with van der Waals surface area (Å²) in [6.07, 6.45) is 1.58. The fourth-order valence-electron chi connectivity index (χ4n) is 2.24. The van der Waals surface area contributed by atoms with Gasteiger partial charge in [0, 0.05) is 11.7 Å². The molecule has 3 rings (SSSR count). The third kappa shape index (κ3) is 2.91. The molecule has 2 aromatic carbocycles. The first-order chi connectivity index (χ1) is 10.7. The number of hydrogen-bond acceptors (Lipinski definition) is 3. The van der Waals surface area contributed by atoms with Gasteiger partial charge in [-0.1, -0.05) is 12.1 Å². The van der Waals surface area contributed by atoms with E-state index in [1.165, 1.54) is 0 Å². The summed E-state index contributed by atoms with van der Waals surface area (Å²) >= 11 is 0. The van der Waals surface area contributed by atoms with E-state index in [0.717, 1.165) is 27.9 Å². The van der Waals surface area contributed by atoms with Crippen molar-refractivity contribution < 1.29 is 4.74 Å². The van der Waals surface area contributed by atoms with E-state index >= 15 is 0 Å². The van der Waals surface area contributed by atoms with Gasteiger partial charge in [-0.2, -0.15) is 0 Å². The van der Waals surface area contributed by atoms with Crippen molar-refractivity contribution in [3.05, 3.63) is 70.0 Å². The smallest absolute Gasteiger partial charge is 0.257 e. The molecule has 0 unspecified atom stereocenters. The number of hydrogen-bond donors (Lipinski definition) is 1. The minimum atomic E-state index is -0.143. The van der Waals surface area contributed by atoms with Crippen LogP contribution < -0.4 is 10.3 Å². The van der Waals surface area contributed by atoms with Gasteiger partial charge < -0.3 is 9.72 Å². The fourth-order valence-corrected chi connectivity index (χ4v) is 2.24. The van der Waals surface area contributed by atoms with E-state index in [0.29, 0.717) is 5.56 Å². The predicted molar refractivity (Wildman–Crippen MR) is 89.6 cm³/mol. The third-order valence-electron chi connectivity index (χ3n) is 3.46. The van der Waals surface area contributed by atoms with Crippen LogP contribution in [-0.4, -0.2) is 18.3 Å². The first kappa shape index (κ1) is 14.1. The van der Waals surface area contributed by atoms with Gasteiger partial charge in [-0.15, -0.1) is 0 Å². The van der Waals surface area contributed by atoms with Crippen LogP contribution in [0.15, 0.2) is 58.3 Å². The Morgan fingerprint density at radius 3 is 2.59 bits per heavy atom. The van der Waals surface area contributed by atoms with Crippen molar-refractivity contribution in [1.29, 1.82) is 0 Å². The third-order valence-corrected chi connectivity index (χ3v) is 3.46. The zero-order chi connectivity index (χ0) is 15.5. The van der Waals surface area contributed by atoms with E-state index in [2.05, 4.69) is 9.98 Å². The van der Waals surface area contributed by atoms with Crippen molar-refractivity contribution in [2.75, 3.05) is 7.11 Å². The van der Waals surface area contributed by atoms with Crippen LogP contribution in [-0.2, 0) is 0 Å². The lowest BCUT2D eigenvalue weighted by atomic mass is 10.1. The zero-order valence-electron chi connectivity index (χ0n) is 12.5. The van der Waals surface area contributed by atoms with Crippen molar-refractivity contribution >= 4 is 22.8 Å². The van der Waals surface area contributed by atoms with Crippen LogP contribution in [0.5, 0.6) is 5.75 Å². The molecule has 1 N–H and O–H groups in total. The number of methoxy groups -OCH3 is 1. The van der Waals surface area contributed by atoms with Crippen LogP contribution in [0, 0.1) is 6.92 Å². The standard InChI is InChI=1S/C18H16N2O2/c1-12-3-4-13-10-14(18(21)20-17(13)9-12)11-19-15-5-7-16(22-2)8-6-15/h3-11H,1-2H3,(H,20,21). The molecule has 0 spiro atoms. The number of aryl methyl sites for hydroxylation is 1. The first-order valence-electron chi connectivity index (χ1n) is 6.97. The summed E-state index contributed by atoms with van der Waals surface area (Å²) in [5.74, 6) is 0.776. The highest BCUT2D eigenvalue weighted by atomic mass is 16.5. The second-order valence-corrected chi connectivity index (χ2v) is 5.10. The minimum absolute atomic E-state index is 0.143. The van der Waals surface area contributed by atoms with Gasteiger partial charge in [0.15, 0.2) is 0 Å². The van der Waals surface area contributed by atoms with Crippen LogP contribution in [0.4, 0.5) is 5.69 Å². The number of ether oxygens (including phenoxy) is 1. The van der Waals surface area contributed by atoms with Crippen LogP contribution in [0.2, 0.25) is 0 Å². The van der Waals surface area contributed by atoms with Gasteiger partial charge in [0.1, 0.15) is 5.75 Å². The monoisotopic (exact) mass is 292 g/mol. The maximum absolute atomic E-state index is 12.1. The largest absolute Gasteiger partial charge is 0.497 e. The summed E-state index contributed by atoms with van der Waals surface area (Å²) in [4.78, 5) is 19.3. The highest BCUT2D eigenvalue weighted by molar-refractivity contribution is 5.88. The molecule has 4 nitrogen and oxygen atoms in total. The molecule has 0 atom stereocenters. The van der Waals surface area contributed by atoms with Crippen molar-refractivity contribution in [2.45, 2.75) is 6.92 Å². The SMILES string of the molecule is COc1ccc(N=Cc2cc3ccc(C)cc3[nH]c2=O)cc1. The van der Waals surface area contributed by atoms with Crippen molar-refractivity contribution in [1.82, 2.24) is 4.98 Å². The summed E-state index contributed by atoms with van der Waals surface area (Å²) in [6, 6.07) is 15.2. The maximum atomic E-state index is 12.1. The Kier molecular flexibility index (Phi) is 3.74. The number of fused-ring (bicyclic) bond motifs is 1. The molecule has 0 amide bonds. The molecular weight excluding hydrogens is 276 g/mol. The molecule has 0 radical (unpaired) electrons. The Labute approximate surface area is 128 Å². The molecule has 0 fully saturated rings. The summed E-state index contributed by atoms with van der Waals surface area (Å²) < 4.78 is 5.10. The predicted octanol–water partition coefficient (Wildman–Crippen LogP) is 3.60. The topological polar surface area (TPSA) is 54.4 Å². The Hall–Kier alpha value is -2.88. The second kappa shape index (κ2) is 5.85. The number of nitrogens with one attached hydrogen (secondary N) is 1. The molecule has 4 heteroatoms. The highest BCUT2D eigenvalue weighted by Crippen LogP contribution is 2.18. The number of aliphatic imine (C=N–C) groups is 1. The van der Waals surface area contributed by atoms with Gasteiger partial charge in [-0.3, -0.25) is 9.79 Å². The fraction of sp³-hybridized carbons (Fsp3) is 0.111. The average Bonchev–Trinajstić information content (AvgIpc) is 2.53. The van der Waals surface area contributed by atoms with Gasteiger partial charge >= 0.3 is 0 Å². The number of aromatic nitrogens is 1. The number of pyridine rings is 1. The quantitative estimate of drug-likeness (QED) is 0.750. The van der Waals surface area contributed by atoms with Gasteiger partial charge in [-0.25, -0.2) is 0 Å². The molecule has 0 aliphatic heterocycles. The van der Waals surface area contributed by atoms with Crippen LogP contribution in [0.3, 0.4) is 0 Å². The number of nitrogens with zero attached hydrogens (tertiary/aromatic N) is 1. The van der Waals surface area contributed by atoms with Crippen molar-refractivity contribution in [3.63, 3.8) is 0 Å². The first-order valence-corrected chi connectivity index (χ1v) is 6.97. The zero-order valence-corrected chi connectivity index (χ0v) is 12.5. The Balaban J connectivity index is 1.95. The van der Waals surface area contributed by atoms with Gasteiger partial charge in [-0.05, 0) is 54.3 Å². The maximum Gasteiger partial charge on any atom is 0.257 e. The van der Waals surface area contributed by atoms with Crippen molar-refractivity contribution in [2.24, 2.45) is 4.99 Å². The number of H-pyrrole nitrogens is 1. The average molecular weight is 292 g/mol. The Morgan fingerprint density at radius 2 is 1.86 bits per heavy atom. The van der Waals surface area contributed by atoms with E-state index in [9.17, 15) is 4.79 Å². The van der Waals surface area contributed by atoms with Gasteiger partial charge in [0.05, 0.1) is 18.4 Å². The van der Waals surface area contributed by atoms with Gasteiger partial charge in [0.2, 0.25) is 0 Å². The molecule has 1 aromatic heterocycles. The molecule has 0 aliphatic carbocycles. The van der Waals surface area contributed by atoms with E-state index < -0.39 is 0 Å². The van der Waals surface area contributed by atoms with E-state index in [1.807, 2.05) is 55.5 Å². The summed E-state index contributed by atoms with van der Waals surface area (Å²) in [5, 5.41) is 0.987. The lowest BCUT2D eigenvalue weighted by Crippen LogP contribution is -2.11. The summed E-state index contributed by atoms with van der Waals surface area (Å²) in [5.41, 5.74) is 3.11. The van der Waals surface area contributed by atoms with Crippen LogP contribution in [0.25, 0.3) is 10.9 Å². The summed E-state index contributed by atoms with van der Waals surface area (Å²) in [6.45, 7) is 2.00. The number of aromatic amines is 1. The molecule has 0 saturated carbocycles. The Morgan fingerprint density at radius 1 is 1.09 bits per heavy atom. The van der Waals surface area contributed by atoms with Crippen LogP contribution in [0.1, 0.15) is 11.1 Å². The Bertz CT molecular complexity index is 893. The van der Waals surface area contributed by atoms with Crippen molar-refractivity contribution in [3.8, 4) is 5.75 Å². The number of rotatable bonds is 3.